The molecule has 0 saturated carbocycles. The van der Waals surface area contributed by atoms with Gasteiger partial charge in [-0.2, -0.15) is 0 Å². The lowest BCUT2D eigenvalue weighted by molar-refractivity contribution is -0.133. The second kappa shape index (κ2) is 6.58. The van der Waals surface area contributed by atoms with Crippen molar-refractivity contribution in [2.45, 2.75) is 20.8 Å². The molecule has 0 atom stereocenters. The van der Waals surface area contributed by atoms with Crippen LogP contribution in [0.4, 0.5) is 5.69 Å². The summed E-state index contributed by atoms with van der Waals surface area (Å²) in [5, 5.41) is 11.5. The highest BCUT2D eigenvalue weighted by atomic mass is 16.5. The highest BCUT2D eigenvalue weighted by Gasteiger charge is 2.14. The van der Waals surface area contributed by atoms with E-state index in [0.717, 1.165) is 0 Å². The van der Waals surface area contributed by atoms with Crippen molar-refractivity contribution in [2.24, 2.45) is 0 Å². The van der Waals surface area contributed by atoms with E-state index in [1.807, 2.05) is 6.92 Å². The molecule has 102 valence electrons. The molecule has 0 aromatic heterocycles. The molecule has 5 heteroatoms. The van der Waals surface area contributed by atoms with Gasteiger partial charge in [0.25, 0.3) is 5.91 Å². The van der Waals surface area contributed by atoms with Crippen LogP contribution in [-0.2, 0) is 9.59 Å². The number of amides is 1. The minimum Gasteiger partial charge on any atom is -0.492 e. The van der Waals surface area contributed by atoms with Crippen LogP contribution >= 0.6 is 0 Å². The normalized spacial score (nSPS) is 11.5. The molecular weight excluding hydrogens is 246 g/mol. The molecule has 0 saturated heterocycles. The Balaban J connectivity index is 2.94. The molecule has 1 aromatic carbocycles. The second-order valence-electron chi connectivity index (χ2n) is 3.94. The molecule has 0 radical (unpaired) electrons. The predicted octanol–water partition coefficient (Wildman–Crippen LogP) is 2.44. The SMILES string of the molecule is CCOc1ccccc1NC(=O)C(C)=C(C)C(=O)O. The Bertz CT molecular complexity index is 520. The average Bonchev–Trinajstić information content (AvgIpc) is 2.39. The molecule has 0 aliphatic rings. The lowest BCUT2D eigenvalue weighted by Gasteiger charge is -2.11. The molecule has 0 bridgehead atoms. The zero-order valence-electron chi connectivity index (χ0n) is 11.2. The minimum atomic E-state index is -1.11. The monoisotopic (exact) mass is 263 g/mol. The van der Waals surface area contributed by atoms with Gasteiger partial charge in [0.05, 0.1) is 12.3 Å². The van der Waals surface area contributed by atoms with Gasteiger partial charge in [0, 0.05) is 11.1 Å². The molecule has 1 amide bonds. The molecule has 0 unspecified atom stereocenters. The second-order valence-corrected chi connectivity index (χ2v) is 3.94. The van der Waals surface area contributed by atoms with E-state index in [-0.39, 0.29) is 11.1 Å². The number of carboxylic acid groups (broad SMARTS) is 1. The van der Waals surface area contributed by atoms with Crippen LogP contribution in [0.5, 0.6) is 5.75 Å². The van der Waals surface area contributed by atoms with Crippen molar-refractivity contribution in [2.75, 3.05) is 11.9 Å². The first kappa shape index (κ1) is 14.8. The standard InChI is InChI=1S/C14H17NO4/c1-4-19-12-8-6-5-7-11(12)15-13(16)9(2)10(3)14(17)18/h5-8H,4H2,1-3H3,(H,15,16)(H,17,18). The summed E-state index contributed by atoms with van der Waals surface area (Å²) in [4.78, 5) is 22.7. The molecular formula is C14H17NO4. The third-order valence-electron chi connectivity index (χ3n) is 2.66. The number of nitrogens with one attached hydrogen (secondary N) is 1. The van der Waals surface area contributed by atoms with Crippen LogP contribution in [0, 0.1) is 0 Å². The fraction of sp³-hybridized carbons (Fsp3) is 0.286. The molecule has 0 spiro atoms. The van der Waals surface area contributed by atoms with E-state index < -0.39 is 11.9 Å². The Morgan fingerprint density at radius 2 is 1.84 bits per heavy atom. The number of hydrogen-bond donors (Lipinski definition) is 2. The summed E-state index contributed by atoms with van der Waals surface area (Å²) in [5.74, 6) is -1.00. The summed E-state index contributed by atoms with van der Waals surface area (Å²) in [7, 11) is 0. The van der Waals surface area contributed by atoms with Crippen molar-refractivity contribution in [1.82, 2.24) is 0 Å². The van der Waals surface area contributed by atoms with Crippen molar-refractivity contribution in [3.05, 3.63) is 35.4 Å². The summed E-state index contributed by atoms with van der Waals surface area (Å²) in [6, 6.07) is 7.00. The first-order chi connectivity index (χ1) is 8.97. The van der Waals surface area contributed by atoms with Gasteiger partial charge in [0.15, 0.2) is 0 Å². The highest BCUT2D eigenvalue weighted by Crippen LogP contribution is 2.24. The summed E-state index contributed by atoms with van der Waals surface area (Å²) in [6.07, 6.45) is 0. The lowest BCUT2D eigenvalue weighted by Crippen LogP contribution is -2.16. The number of hydrogen-bond acceptors (Lipinski definition) is 3. The molecule has 2 N–H and O–H groups in total. The number of aliphatic carboxylic acids is 1. The molecule has 0 heterocycles. The predicted molar refractivity (Wildman–Crippen MR) is 72.3 cm³/mol. The van der Waals surface area contributed by atoms with E-state index in [1.54, 1.807) is 24.3 Å². The molecule has 19 heavy (non-hydrogen) atoms. The van der Waals surface area contributed by atoms with E-state index >= 15 is 0 Å². The van der Waals surface area contributed by atoms with E-state index in [0.29, 0.717) is 18.0 Å². The van der Waals surface area contributed by atoms with Crippen molar-refractivity contribution in [1.29, 1.82) is 0 Å². The molecule has 5 nitrogen and oxygen atoms in total. The Morgan fingerprint density at radius 1 is 1.21 bits per heavy atom. The number of anilines is 1. The molecule has 0 fully saturated rings. The van der Waals surface area contributed by atoms with Crippen LogP contribution in [-0.4, -0.2) is 23.6 Å². The zero-order valence-corrected chi connectivity index (χ0v) is 11.2. The topological polar surface area (TPSA) is 75.6 Å². The number of benzene rings is 1. The third-order valence-corrected chi connectivity index (χ3v) is 2.66. The Kier molecular flexibility index (Phi) is 5.11. The van der Waals surface area contributed by atoms with E-state index in [4.69, 9.17) is 9.84 Å². The van der Waals surface area contributed by atoms with Gasteiger partial charge >= 0.3 is 5.97 Å². The number of carboxylic acids is 1. The van der Waals surface area contributed by atoms with Crippen LogP contribution in [0.15, 0.2) is 35.4 Å². The van der Waals surface area contributed by atoms with Crippen molar-refractivity contribution in [3.8, 4) is 5.75 Å². The van der Waals surface area contributed by atoms with Crippen LogP contribution in [0.2, 0.25) is 0 Å². The maximum atomic E-state index is 11.9. The van der Waals surface area contributed by atoms with E-state index in [9.17, 15) is 9.59 Å². The van der Waals surface area contributed by atoms with Gasteiger partial charge in [-0.25, -0.2) is 4.79 Å². The number of rotatable bonds is 5. The zero-order chi connectivity index (χ0) is 14.4. The fourth-order valence-electron chi connectivity index (χ4n) is 1.40. The number of ether oxygens (including phenoxy) is 1. The van der Waals surface area contributed by atoms with Gasteiger partial charge in [-0.1, -0.05) is 12.1 Å². The first-order valence-electron chi connectivity index (χ1n) is 5.91. The minimum absolute atomic E-state index is 0.0198. The quantitative estimate of drug-likeness (QED) is 0.800. The van der Waals surface area contributed by atoms with Crippen LogP contribution in [0.3, 0.4) is 0 Å². The number of para-hydroxylation sites is 2. The third kappa shape index (κ3) is 3.84. The van der Waals surface area contributed by atoms with Gasteiger partial charge < -0.3 is 15.2 Å². The lowest BCUT2D eigenvalue weighted by atomic mass is 10.1. The summed E-state index contributed by atoms with van der Waals surface area (Å²) < 4.78 is 5.38. The fourth-order valence-corrected chi connectivity index (χ4v) is 1.40. The summed E-state index contributed by atoms with van der Waals surface area (Å²) >= 11 is 0. The Morgan fingerprint density at radius 3 is 2.42 bits per heavy atom. The van der Waals surface area contributed by atoms with Crippen molar-refractivity contribution in [3.63, 3.8) is 0 Å². The van der Waals surface area contributed by atoms with Crippen LogP contribution in [0.25, 0.3) is 0 Å². The molecule has 1 rings (SSSR count). The smallest absolute Gasteiger partial charge is 0.331 e. The van der Waals surface area contributed by atoms with Gasteiger partial charge in [0.2, 0.25) is 0 Å². The number of carbonyl (C=O) groups excluding carboxylic acids is 1. The maximum absolute atomic E-state index is 11.9. The van der Waals surface area contributed by atoms with E-state index in [1.165, 1.54) is 13.8 Å². The van der Waals surface area contributed by atoms with Gasteiger partial charge in [-0.3, -0.25) is 4.79 Å². The Hall–Kier alpha value is -2.30. The molecule has 0 aliphatic heterocycles. The van der Waals surface area contributed by atoms with Crippen molar-refractivity contribution >= 4 is 17.6 Å². The summed E-state index contributed by atoms with van der Waals surface area (Å²) in [6.45, 7) is 5.20. The first-order valence-corrected chi connectivity index (χ1v) is 5.91. The largest absolute Gasteiger partial charge is 0.492 e. The Labute approximate surface area is 111 Å². The number of carbonyl (C=O) groups is 2. The highest BCUT2D eigenvalue weighted by molar-refractivity contribution is 6.08. The van der Waals surface area contributed by atoms with E-state index in [2.05, 4.69) is 5.32 Å². The maximum Gasteiger partial charge on any atom is 0.331 e. The molecule has 0 aliphatic carbocycles. The average molecular weight is 263 g/mol. The van der Waals surface area contributed by atoms with Gasteiger partial charge in [-0.15, -0.1) is 0 Å². The van der Waals surface area contributed by atoms with Gasteiger partial charge in [0.1, 0.15) is 5.75 Å². The van der Waals surface area contributed by atoms with Crippen molar-refractivity contribution < 1.29 is 19.4 Å². The summed E-state index contributed by atoms with van der Waals surface area (Å²) in [5.41, 5.74) is 0.706. The molecule has 1 aromatic rings. The van der Waals surface area contributed by atoms with Gasteiger partial charge in [-0.05, 0) is 32.9 Å². The van der Waals surface area contributed by atoms with Crippen LogP contribution < -0.4 is 10.1 Å². The van der Waals surface area contributed by atoms with Crippen LogP contribution in [0.1, 0.15) is 20.8 Å².